The van der Waals surface area contributed by atoms with Crippen molar-refractivity contribution in [3.8, 4) is 0 Å². The maximum atomic E-state index is 12.1. The van der Waals surface area contributed by atoms with Crippen LogP contribution in [0.25, 0.3) is 0 Å². The van der Waals surface area contributed by atoms with E-state index in [1.54, 1.807) is 0 Å². The lowest BCUT2D eigenvalue weighted by Crippen LogP contribution is -2.63. The van der Waals surface area contributed by atoms with Crippen LogP contribution in [-0.4, -0.2) is 35.8 Å². The van der Waals surface area contributed by atoms with E-state index in [1.165, 1.54) is 49.1 Å². The molecule has 0 aliphatic carbocycles. The molecule has 3 aromatic rings. The maximum absolute atomic E-state index is 12.1. The number of benzene rings is 3. The van der Waals surface area contributed by atoms with Gasteiger partial charge in [-0.25, -0.2) is 0 Å². The molecule has 0 spiro atoms. The van der Waals surface area contributed by atoms with Gasteiger partial charge >= 0.3 is 0 Å². The first-order valence-corrected chi connectivity index (χ1v) is 11.9. The third kappa shape index (κ3) is 4.20. The number of aliphatic hydroxyl groups is 1. The SMILES string of the molecule is OC(CC1C[N+]2(CCc3ccccc3)CCC1CC2)(c1ccccc1)c1ccccc1. The summed E-state index contributed by atoms with van der Waals surface area (Å²) in [5, 5.41) is 12.1. The molecule has 3 aromatic carbocycles. The number of fused-ring (bicyclic) bond motifs is 3. The van der Waals surface area contributed by atoms with Crippen LogP contribution in [-0.2, 0) is 12.0 Å². The molecule has 0 radical (unpaired) electrons. The average Bonchev–Trinajstić information content (AvgIpc) is 2.85. The quantitative estimate of drug-likeness (QED) is 0.514. The highest BCUT2D eigenvalue weighted by molar-refractivity contribution is 5.36. The third-order valence-electron chi connectivity index (χ3n) is 8.01. The van der Waals surface area contributed by atoms with Crippen molar-refractivity contribution in [1.29, 1.82) is 0 Å². The zero-order chi connectivity index (χ0) is 21.2. The lowest BCUT2D eigenvalue weighted by molar-refractivity contribution is -0.947. The fraction of sp³-hybridized carbons (Fsp3) is 0.379. The highest BCUT2D eigenvalue weighted by Crippen LogP contribution is 2.45. The lowest BCUT2D eigenvalue weighted by Gasteiger charge is -2.54. The van der Waals surface area contributed by atoms with Crippen molar-refractivity contribution in [1.82, 2.24) is 0 Å². The van der Waals surface area contributed by atoms with Gasteiger partial charge in [-0.15, -0.1) is 0 Å². The molecule has 3 fully saturated rings. The van der Waals surface area contributed by atoms with E-state index in [9.17, 15) is 5.11 Å². The first kappa shape index (κ1) is 20.5. The first-order valence-electron chi connectivity index (χ1n) is 11.9. The standard InChI is InChI=1S/C29H34NO/c31-29(27-12-6-2-7-13-27,28-14-8-3-9-15-28)22-26-23-30(20-17-25(26)18-21-30)19-16-24-10-4-1-5-11-24/h1-15,25-26,31H,16-23H2/q+1. The van der Waals surface area contributed by atoms with Crippen LogP contribution in [0.3, 0.4) is 0 Å². The summed E-state index contributed by atoms with van der Waals surface area (Å²) in [6, 6.07) is 31.6. The molecule has 3 aliphatic rings. The molecule has 0 saturated carbocycles. The number of hydrogen-bond donors (Lipinski definition) is 1. The molecular weight excluding hydrogens is 378 g/mol. The van der Waals surface area contributed by atoms with Gasteiger partial charge in [-0.05, 0) is 29.0 Å². The summed E-state index contributed by atoms with van der Waals surface area (Å²) < 4.78 is 1.23. The van der Waals surface area contributed by atoms with E-state index in [1.807, 2.05) is 36.4 Å². The molecule has 3 heterocycles. The van der Waals surface area contributed by atoms with Crippen LogP contribution in [0.4, 0.5) is 0 Å². The number of hydrogen-bond acceptors (Lipinski definition) is 1. The van der Waals surface area contributed by atoms with E-state index in [0.29, 0.717) is 5.92 Å². The van der Waals surface area contributed by atoms with Crippen LogP contribution in [0.1, 0.15) is 36.0 Å². The van der Waals surface area contributed by atoms with Gasteiger partial charge in [0.2, 0.25) is 0 Å². The number of piperidine rings is 3. The van der Waals surface area contributed by atoms with Gasteiger partial charge in [0.05, 0.1) is 26.2 Å². The summed E-state index contributed by atoms with van der Waals surface area (Å²) in [4.78, 5) is 0. The van der Waals surface area contributed by atoms with Crippen LogP contribution in [0.5, 0.6) is 0 Å². The Morgan fingerprint density at radius 3 is 1.81 bits per heavy atom. The van der Waals surface area contributed by atoms with Gasteiger partial charge in [0.1, 0.15) is 5.60 Å². The lowest BCUT2D eigenvalue weighted by atomic mass is 9.69. The molecule has 2 heteroatoms. The minimum Gasteiger partial charge on any atom is -0.380 e. The minimum absolute atomic E-state index is 0.559. The molecule has 31 heavy (non-hydrogen) atoms. The Kier molecular flexibility index (Phi) is 5.69. The molecule has 2 nitrogen and oxygen atoms in total. The Labute approximate surface area is 186 Å². The van der Waals surface area contributed by atoms with Crippen molar-refractivity contribution in [2.24, 2.45) is 11.8 Å². The molecule has 0 aromatic heterocycles. The van der Waals surface area contributed by atoms with Gasteiger partial charge in [-0.2, -0.15) is 0 Å². The summed E-state index contributed by atoms with van der Waals surface area (Å²) in [6.07, 6.45) is 4.58. The summed E-state index contributed by atoms with van der Waals surface area (Å²) in [5.41, 5.74) is 2.57. The van der Waals surface area contributed by atoms with Crippen molar-refractivity contribution in [2.75, 3.05) is 26.2 Å². The normalized spacial score (nSPS) is 25.5. The molecular formula is C29H34NO+. The van der Waals surface area contributed by atoms with Gasteiger partial charge < -0.3 is 9.59 Å². The second-order valence-electron chi connectivity index (χ2n) is 9.82. The molecule has 1 unspecified atom stereocenters. The fourth-order valence-electron chi connectivity index (χ4n) is 6.20. The molecule has 6 rings (SSSR count). The number of nitrogens with zero attached hydrogens (tertiary/aromatic N) is 1. The second kappa shape index (κ2) is 8.61. The topological polar surface area (TPSA) is 20.2 Å². The third-order valence-corrected chi connectivity index (χ3v) is 8.01. The van der Waals surface area contributed by atoms with Gasteiger partial charge in [0, 0.05) is 25.2 Å². The molecule has 1 N–H and O–H groups in total. The Morgan fingerprint density at radius 1 is 0.742 bits per heavy atom. The van der Waals surface area contributed by atoms with E-state index in [-0.39, 0.29) is 0 Å². The predicted molar refractivity (Wildman–Crippen MR) is 127 cm³/mol. The van der Waals surface area contributed by atoms with E-state index in [0.717, 1.165) is 29.9 Å². The largest absolute Gasteiger partial charge is 0.380 e. The average molecular weight is 413 g/mol. The smallest absolute Gasteiger partial charge is 0.115 e. The van der Waals surface area contributed by atoms with Crippen molar-refractivity contribution in [2.45, 2.75) is 31.3 Å². The second-order valence-corrected chi connectivity index (χ2v) is 9.82. The van der Waals surface area contributed by atoms with Crippen molar-refractivity contribution >= 4 is 0 Å². The van der Waals surface area contributed by atoms with Crippen molar-refractivity contribution in [3.05, 3.63) is 108 Å². The summed E-state index contributed by atoms with van der Waals surface area (Å²) in [5.74, 6) is 1.30. The highest BCUT2D eigenvalue weighted by Gasteiger charge is 2.48. The van der Waals surface area contributed by atoms with Gasteiger partial charge in [-0.3, -0.25) is 0 Å². The molecule has 0 amide bonds. The molecule has 2 bridgehead atoms. The minimum atomic E-state index is -0.921. The summed E-state index contributed by atoms with van der Waals surface area (Å²) >= 11 is 0. The van der Waals surface area contributed by atoms with Crippen LogP contribution in [0, 0.1) is 11.8 Å². The van der Waals surface area contributed by atoms with Gasteiger partial charge in [-0.1, -0.05) is 91.0 Å². The maximum Gasteiger partial charge on any atom is 0.115 e. The van der Waals surface area contributed by atoms with E-state index >= 15 is 0 Å². The zero-order valence-corrected chi connectivity index (χ0v) is 18.4. The number of quaternary nitrogens is 1. The molecule has 160 valence electrons. The summed E-state index contributed by atoms with van der Waals surface area (Å²) in [7, 11) is 0. The van der Waals surface area contributed by atoms with Gasteiger partial charge in [0.25, 0.3) is 0 Å². The van der Waals surface area contributed by atoms with Crippen LogP contribution in [0.15, 0.2) is 91.0 Å². The Hall–Kier alpha value is -2.42. The predicted octanol–water partition coefficient (Wildman–Crippen LogP) is 5.41. The molecule has 3 saturated heterocycles. The van der Waals surface area contributed by atoms with Crippen molar-refractivity contribution in [3.63, 3.8) is 0 Å². The Bertz CT molecular complexity index is 922. The monoisotopic (exact) mass is 412 g/mol. The fourth-order valence-corrected chi connectivity index (χ4v) is 6.20. The van der Waals surface area contributed by atoms with Gasteiger partial charge in [0.15, 0.2) is 0 Å². The van der Waals surface area contributed by atoms with E-state index < -0.39 is 5.60 Å². The highest BCUT2D eigenvalue weighted by atomic mass is 16.3. The Morgan fingerprint density at radius 2 is 1.26 bits per heavy atom. The van der Waals surface area contributed by atoms with Crippen LogP contribution >= 0.6 is 0 Å². The summed E-state index contributed by atoms with van der Waals surface area (Å²) in [6.45, 7) is 5.05. The number of rotatable bonds is 7. The zero-order valence-electron chi connectivity index (χ0n) is 18.4. The van der Waals surface area contributed by atoms with E-state index in [2.05, 4.69) is 54.6 Å². The van der Waals surface area contributed by atoms with Crippen LogP contribution < -0.4 is 0 Å². The first-order chi connectivity index (χ1) is 15.2. The van der Waals surface area contributed by atoms with Crippen molar-refractivity contribution < 1.29 is 9.59 Å². The van der Waals surface area contributed by atoms with E-state index in [4.69, 9.17) is 0 Å². The Balaban J connectivity index is 1.38. The molecule has 1 atom stereocenters. The molecule has 3 aliphatic heterocycles. The van der Waals surface area contributed by atoms with Crippen LogP contribution in [0.2, 0.25) is 0 Å².